The van der Waals surface area contributed by atoms with Crippen LogP contribution in [0.15, 0.2) is 36.4 Å². The third kappa shape index (κ3) is 4.94. The van der Waals surface area contributed by atoms with E-state index in [4.69, 9.17) is 4.74 Å². The lowest BCUT2D eigenvalue weighted by Crippen LogP contribution is -2.43. The highest BCUT2D eigenvalue weighted by atomic mass is 19.4. The number of carbonyl (C=O) groups is 1. The van der Waals surface area contributed by atoms with Gasteiger partial charge >= 0.3 is 12.1 Å². The molecule has 7 atom stereocenters. The van der Waals surface area contributed by atoms with Gasteiger partial charge in [0.1, 0.15) is 17.7 Å². The smallest absolute Gasteiger partial charge is 0.416 e. The fourth-order valence-electron chi connectivity index (χ4n) is 7.77. The first-order valence-corrected chi connectivity index (χ1v) is 14.2. The molecule has 2 aromatic rings. The van der Waals surface area contributed by atoms with Crippen LogP contribution in [0.3, 0.4) is 0 Å². The number of hydrogen-bond acceptors (Lipinski definition) is 3. The van der Waals surface area contributed by atoms with E-state index < -0.39 is 35.5 Å². The fraction of sp³-hybridized carbons (Fsp3) is 0.581. The fourth-order valence-corrected chi connectivity index (χ4v) is 7.77. The van der Waals surface area contributed by atoms with Crippen molar-refractivity contribution in [3.05, 3.63) is 64.5 Å². The van der Waals surface area contributed by atoms with Gasteiger partial charge < -0.3 is 9.84 Å². The zero-order valence-corrected chi connectivity index (χ0v) is 22.3. The first kappa shape index (κ1) is 26.6. The van der Waals surface area contributed by atoms with Crippen molar-refractivity contribution < 1.29 is 32.2 Å². The number of ether oxygens (including phenoxy) is 1. The molecule has 2 saturated carbocycles. The van der Waals surface area contributed by atoms with Crippen molar-refractivity contribution in [1.29, 1.82) is 0 Å². The number of carboxylic acids is 1. The molecule has 2 aliphatic carbocycles. The molecule has 0 amide bonds. The quantitative estimate of drug-likeness (QED) is 0.373. The number of halogens is 4. The number of hydrogen-bond donors (Lipinski definition) is 1. The van der Waals surface area contributed by atoms with E-state index >= 15 is 0 Å². The van der Waals surface area contributed by atoms with Gasteiger partial charge in [0.05, 0.1) is 11.5 Å². The van der Waals surface area contributed by atoms with Crippen LogP contribution in [-0.2, 0) is 17.4 Å². The lowest BCUT2D eigenvalue weighted by molar-refractivity contribution is -0.142. The number of benzene rings is 2. The van der Waals surface area contributed by atoms with E-state index in [0.29, 0.717) is 24.3 Å². The van der Waals surface area contributed by atoms with Crippen molar-refractivity contribution in [2.24, 2.45) is 23.7 Å². The van der Waals surface area contributed by atoms with E-state index in [9.17, 15) is 27.5 Å². The van der Waals surface area contributed by atoms with E-state index in [2.05, 4.69) is 23.1 Å². The number of piperidine rings is 1. The van der Waals surface area contributed by atoms with Crippen LogP contribution in [0.25, 0.3) is 0 Å². The van der Waals surface area contributed by atoms with Gasteiger partial charge in [-0.25, -0.2) is 4.39 Å². The summed E-state index contributed by atoms with van der Waals surface area (Å²) in [7, 11) is 0. The summed E-state index contributed by atoms with van der Waals surface area (Å²) in [5.41, 5.74) is 1.43. The second-order valence-corrected chi connectivity index (χ2v) is 12.2. The zero-order chi connectivity index (χ0) is 27.6. The number of likely N-dealkylation sites (tertiary alicyclic amines) is 1. The molecule has 4 nitrogen and oxygen atoms in total. The molecule has 2 aromatic carbocycles. The highest BCUT2D eigenvalue weighted by Crippen LogP contribution is 2.51. The van der Waals surface area contributed by atoms with E-state index in [0.717, 1.165) is 73.6 Å². The van der Waals surface area contributed by atoms with Crippen molar-refractivity contribution in [3.63, 3.8) is 0 Å². The van der Waals surface area contributed by atoms with Crippen LogP contribution in [0.1, 0.15) is 80.2 Å². The molecule has 3 fully saturated rings. The van der Waals surface area contributed by atoms with Gasteiger partial charge in [-0.3, -0.25) is 9.69 Å². The topological polar surface area (TPSA) is 49.8 Å². The Bertz CT molecular complexity index is 1260. The highest BCUT2D eigenvalue weighted by molar-refractivity contribution is 5.71. The molecule has 2 bridgehead atoms. The number of rotatable bonds is 7. The summed E-state index contributed by atoms with van der Waals surface area (Å²) in [6.07, 6.45) is 1.19. The standard InChI is InChI=1S/C31H35F4NO3/c1-16(30(37)38)29(19-4-5-19)20-6-3-18-7-10-27(39-28(18)12-20)25-14-23-11-21(25)15-36(23)17(2)24-13-22(32)8-9-26(24)31(33,34)35/h3,6,8-9,12-13,16-17,19,21,23,25,27,29H,4-5,7,10-11,14-15H2,1-2H3,(H,37,38)/t16-,17-,21+,23?,25?,27?,29?/m0/s1. The molecule has 6 rings (SSSR count). The monoisotopic (exact) mass is 545 g/mol. The molecule has 0 radical (unpaired) electrons. The van der Waals surface area contributed by atoms with E-state index in [-0.39, 0.29) is 23.6 Å². The zero-order valence-electron chi connectivity index (χ0n) is 22.3. The van der Waals surface area contributed by atoms with Gasteiger partial charge in [-0.15, -0.1) is 0 Å². The van der Waals surface area contributed by atoms with Crippen LogP contribution in [-0.4, -0.2) is 34.7 Å². The van der Waals surface area contributed by atoms with Crippen LogP contribution in [0.2, 0.25) is 0 Å². The maximum absolute atomic E-state index is 14.0. The maximum atomic E-state index is 14.0. The van der Waals surface area contributed by atoms with Gasteiger partial charge in [-0.05, 0) is 104 Å². The minimum absolute atomic E-state index is 0.00257. The van der Waals surface area contributed by atoms with E-state index in [1.807, 2.05) is 0 Å². The SMILES string of the molecule is C[C@H](C(=O)O)C(c1ccc2c(c1)OC(C1CC3C[C@@H]1CN3[C@@H](C)c1cc(F)ccc1C(F)(F)F)CC2)C1CC1. The molecule has 0 spiro atoms. The Morgan fingerprint density at radius 2 is 1.85 bits per heavy atom. The largest absolute Gasteiger partial charge is 0.490 e. The Morgan fingerprint density at radius 1 is 1.08 bits per heavy atom. The molecular formula is C31H35F4NO3. The summed E-state index contributed by atoms with van der Waals surface area (Å²) in [4.78, 5) is 13.9. The second-order valence-electron chi connectivity index (χ2n) is 12.2. The molecule has 4 aliphatic rings. The summed E-state index contributed by atoms with van der Waals surface area (Å²) in [5, 5.41) is 9.67. The average molecular weight is 546 g/mol. The molecule has 2 heterocycles. The molecule has 4 unspecified atom stereocenters. The van der Waals surface area contributed by atoms with Gasteiger partial charge in [0.15, 0.2) is 0 Å². The van der Waals surface area contributed by atoms with Gasteiger partial charge in [-0.1, -0.05) is 19.1 Å². The highest BCUT2D eigenvalue weighted by Gasteiger charge is 2.50. The van der Waals surface area contributed by atoms with Crippen molar-refractivity contribution in [2.45, 2.75) is 82.7 Å². The number of alkyl halides is 3. The number of nitrogens with zero attached hydrogens (tertiary/aromatic N) is 1. The lowest BCUT2D eigenvalue weighted by atomic mass is 9.81. The summed E-state index contributed by atoms with van der Waals surface area (Å²) in [6, 6.07) is 8.61. The van der Waals surface area contributed by atoms with Crippen LogP contribution in [0.4, 0.5) is 17.6 Å². The van der Waals surface area contributed by atoms with E-state index in [1.54, 1.807) is 13.8 Å². The lowest BCUT2D eigenvalue weighted by Gasteiger charge is -2.40. The van der Waals surface area contributed by atoms with Gasteiger partial charge in [-0.2, -0.15) is 13.2 Å². The minimum atomic E-state index is -4.53. The van der Waals surface area contributed by atoms with Crippen molar-refractivity contribution in [2.75, 3.05) is 6.54 Å². The maximum Gasteiger partial charge on any atom is 0.416 e. The van der Waals surface area contributed by atoms with Crippen molar-refractivity contribution in [3.8, 4) is 5.75 Å². The predicted octanol–water partition coefficient (Wildman–Crippen LogP) is 7.22. The molecule has 39 heavy (non-hydrogen) atoms. The molecular weight excluding hydrogens is 510 g/mol. The van der Waals surface area contributed by atoms with Gasteiger partial charge in [0.25, 0.3) is 0 Å². The van der Waals surface area contributed by atoms with Crippen LogP contribution in [0, 0.1) is 29.5 Å². The third-order valence-corrected chi connectivity index (χ3v) is 9.89. The number of aryl methyl sites for hydroxylation is 1. The summed E-state index contributed by atoms with van der Waals surface area (Å²) < 4.78 is 61.6. The molecule has 1 saturated heterocycles. The first-order valence-electron chi connectivity index (χ1n) is 14.2. The molecule has 0 aromatic heterocycles. The second kappa shape index (κ2) is 9.79. The van der Waals surface area contributed by atoms with Gasteiger partial charge in [0.2, 0.25) is 0 Å². The third-order valence-electron chi connectivity index (χ3n) is 9.89. The summed E-state index contributed by atoms with van der Waals surface area (Å²) in [5.74, 6) is 0.0104. The Hall–Kier alpha value is -2.61. The number of carboxylic acid groups (broad SMARTS) is 1. The molecule has 2 aliphatic heterocycles. The van der Waals surface area contributed by atoms with Crippen LogP contribution in [0.5, 0.6) is 5.75 Å². The molecule has 210 valence electrons. The Balaban J connectivity index is 1.16. The summed E-state index contributed by atoms with van der Waals surface area (Å²) >= 11 is 0. The predicted molar refractivity (Wildman–Crippen MR) is 138 cm³/mol. The Morgan fingerprint density at radius 3 is 2.49 bits per heavy atom. The van der Waals surface area contributed by atoms with Crippen molar-refractivity contribution >= 4 is 5.97 Å². The summed E-state index contributed by atoms with van der Waals surface area (Å²) in [6.45, 7) is 4.22. The van der Waals surface area contributed by atoms with E-state index in [1.165, 1.54) is 0 Å². The first-order chi connectivity index (χ1) is 18.5. The van der Waals surface area contributed by atoms with Crippen LogP contribution < -0.4 is 4.74 Å². The minimum Gasteiger partial charge on any atom is -0.490 e. The Labute approximate surface area is 226 Å². The number of fused-ring (bicyclic) bond motifs is 3. The normalized spacial score (nSPS) is 29.0. The average Bonchev–Trinajstić information content (AvgIpc) is 3.51. The van der Waals surface area contributed by atoms with Crippen LogP contribution >= 0.6 is 0 Å². The number of aliphatic carboxylic acids is 1. The Kier molecular flexibility index (Phi) is 6.68. The molecule has 1 N–H and O–H groups in total. The van der Waals surface area contributed by atoms with Crippen molar-refractivity contribution in [1.82, 2.24) is 4.90 Å². The van der Waals surface area contributed by atoms with Gasteiger partial charge in [0, 0.05) is 24.5 Å². The molecule has 8 heteroatoms.